The molecule has 2 rings (SSSR count). The summed E-state index contributed by atoms with van der Waals surface area (Å²) in [4.78, 5) is 11.9. The third-order valence-corrected chi connectivity index (χ3v) is 3.81. The molecule has 1 aliphatic carbocycles. The lowest BCUT2D eigenvalue weighted by Gasteiger charge is -2.23. The standard InChI is InChI=1S/C12H22N2O2.ClH/c13-11-3-1-2-10(11)12(15)14-8-9-4-6-16-7-5-9;/h9-11H,1-8,13H2,(H,14,15);1H. The summed E-state index contributed by atoms with van der Waals surface area (Å²) in [6.45, 7) is 2.47. The quantitative estimate of drug-likeness (QED) is 0.800. The number of hydrogen-bond donors (Lipinski definition) is 2. The zero-order chi connectivity index (χ0) is 11.4. The second-order valence-electron chi connectivity index (χ2n) is 5.00. The van der Waals surface area contributed by atoms with E-state index in [9.17, 15) is 4.79 Å². The molecule has 1 saturated heterocycles. The van der Waals surface area contributed by atoms with Crippen molar-refractivity contribution < 1.29 is 9.53 Å². The second kappa shape index (κ2) is 7.19. The Morgan fingerprint density at radius 1 is 1.24 bits per heavy atom. The molecule has 100 valence electrons. The molecule has 17 heavy (non-hydrogen) atoms. The summed E-state index contributed by atoms with van der Waals surface area (Å²) in [6.07, 6.45) is 5.18. The van der Waals surface area contributed by atoms with Gasteiger partial charge in [-0.2, -0.15) is 0 Å². The van der Waals surface area contributed by atoms with E-state index in [-0.39, 0.29) is 30.3 Å². The smallest absolute Gasteiger partial charge is 0.224 e. The van der Waals surface area contributed by atoms with Gasteiger partial charge in [0.1, 0.15) is 0 Å². The van der Waals surface area contributed by atoms with Crippen molar-refractivity contribution in [3.8, 4) is 0 Å². The van der Waals surface area contributed by atoms with Gasteiger partial charge in [-0.1, -0.05) is 6.42 Å². The van der Waals surface area contributed by atoms with Gasteiger partial charge in [-0.3, -0.25) is 4.79 Å². The van der Waals surface area contributed by atoms with Gasteiger partial charge >= 0.3 is 0 Å². The lowest BCUT2D eigenvalue weighted by atomic mass is 9.99. The van der Waals surface area contributed by atoms with Crippen LogP contribution in [0.2, 0.25) is 0 Å². The van der Waals surface area contributed by atoms with Crippen molar-refractivity contribution in [3.63, 3.8) is 0 Å². The van der Waals surface area contributed by atoms with Gasteiger partial charge in [-0.15, -0.1) is 12.4 Å². The van der Waals surface area contributed by atoms with Crippen molar-refractivity contribution in [2.24, 2.45) is 17.6 Å². The monoisotopic (exact) mass is 262 g/mol. The molecule has 3 N–H and O–H groups in total. The third-order valence-electron chi connectivity index (χ3n) is 3.81. The van der Waals surface area contributed by atoms with Crippen molar-refractivity contribution >= 4 is 18.3 Å². The number of rotatable bonds is 3. The average Bonchev–Trinajstić information content (AvgIpc) is 2.74. The highest BCUT2D eigenvalue weighted by atomic mass is 35.5. The third kappa shape index (κ3) is 4.12. The lowest BCUT2D eigenvalue weighted by Crippen LogP contribution is -2.41. The molecule has 0 bridgehead atoms. The Kier molecular flexibility index (Phi) is 6.23. The fraction of sp³-hybridized carbons (Fsp3) is 0.917. The Labute approximate surface area is 109 Å². The van der Waals surface area contributed by atoms with Gasteiger partial charge in [0, 0.05) is 25.8 Å². The molecule has 4 nitrogen and oxygen atoms in total. The van der Waals surface area contributed by atoms with Crippen LogP contribution in [0.25, 0.3) is 0 Å². The number of nitrogens with one attached hydrogen (secondary N) is 1. The predicted molar refractivity (Wildman–Crippen MR) is 69.1 cm³/mol. The van der Waals surface area contributed by atoms with E-state index < -0.39 is 0 Å². The largest absolute Gasteiger partial charge is 0.381 e. The van der Waals surface area contributed by atoms with Crippen LogP contribution in [0, 0.1) is 11.8 Å². The molecular weight excluding hydrogens is 240 g/mol. The molecule has 2 unspecified atom stereocenters. The topological polar surface area (TPSA) is 64.4 Å². The van der Waals surface area contributed by atoms with Gasteiger partial charge in [0.05, 0.1) is 5.92 Å². The number of hydrogen-bond acceptors (Lipinski definition) is 3. The van der Waals surface area contributed by atoms with Crippen LogP contribution in [-0.2, 0) is 9.53 Å². The zero-order valence-corrected chi connectivity index (χ0v) is 11.0. The minimum Gasteiger partial charge on any atom is -0.381 e. The van der Waals surface area contributed by atoms with Crippen LogP contribution in [0.1, 0.15) is 32.1 Å². The summed E-state index contributed by atoms with van der Waals surface area (Å²) in [5, 5.41) is 3.05. The van der Waals surface area contributed by atoms with Gasteiger partial charge in [0.15, 0.2) is 0 Å². The first-order valence-corrected chi connectivity index (χ1v) is 6.38. The van der Waals surface area contributed by atoms with Crippen LogP contribution in [0.3, 0.4) is 0 Å². The van der Waals surface area contributed by atoms with Crippen LogP contribution in [0.5, 0.6) is 0 Å². The fourth-order valence-corrected chi connectivity index (χ4v) is 2.64. The van der Waals surface area contributed by atoms with Gasteiger partial charge < -0.3 is 15.8 Å². The zero-order valence-electron chi connectivity index (χ0n) is 10.2. The molecule has 1 amide bonds. The van der Waals surface area contributed by atoms with E-state index in [2.05, 4.69) is 5.32 Å². The molecule has 0 spiro atoms. The van der Waals surface area contributed by atoms with Gasteiger partial charge in [0.2, 0.25) is 5.91 Å². The number of halogens is 1. The van der Waals surface area contributed by atoms with E-state index in [1.54, 1.807) is 0 Å². The SMILES string of the molecule is Cl.NC1CCCC1C(=O)NCC1CCOCC1. The van der Waals surface area contributed by atoms with E-state index in [0.29, 0.717) is 5.92 Å². The van der Waals surface area contributed by atoms with Crippen molar-refractivity contribution in [2.45, 2.75) is 38.1 Å². The Balaban J connectivity index is 0.00000144. The summed E-state index contributed by atoms with van der Waals surface area (Å²) >= 11 is 0. The van der Waals surface area contributed by atoms with Crippen molar-refractivity contribution in [1.29, 1.82) is 0 Å². The number of nitrogens with two attached hydrogens (primary N) is 1. The molecule has 1 heterocycles. The van der Waals surface area contributed by atoms with E-state index in [4.69, 9.17) is 10.5 Å². The first kappa shape index (κ1) is 14.7. The molecule has 0 aromatic rings. The molecular formula is C12H23ClN2O2. The summed E-state index contributed by atoms with van der Waals surface area (Å²) in [7, 11) is 0. The molecule has 5 heteroatoms. The number of carbonyl (C=O) groups is 1. The van der Waals surface area contributed by atoms with E-state index in [0.717, 1.165) is 51.9 Å². The first-order chi connectivity index (χ1) is 7.77. The summed E-state index contributed by atoms with van der Waals surface area (Å²) < 4.78 is 5.29. The average molecular weight is 263 g/mol. The molecule has 0 radical (unpaired) electrons. The minimum atomic E-state index is 0. The Morgan fingerprint density at radius 2 is 1.94 bits per heavy atom. The van der Waals surface area contributed by atoms with E-state index in [1.165, 1.54) is 0 Å². The molecule has 2 aliphatic rings. The molecule has 2 fully saturated rings. The van der Waals surface area contributed by atoms with Gasteiger partial charge in [0.25, 0.3) is 0 Å². The maximum absolute atomic E-state index is 11.9. The van der Waals surface area contributed by atoms with Gasteiger partial charge in [-0.05, 0) is 31.6 Å². The van der Waals surface area contributed by atoms with Gasteiger partial charge in [-0.25, -0.2) is 0 Å². The number of ether oxygens (including phenoxy) is 1. The maximum Gasteiger partial charge on any atom is 0.224 e. The van der Waals surface area contributed by atoms with E-state index in [1.807, 2.05) is 0 Å². The molecule has 1 aliphatic heterocycles. The summed E-state index contributed by atoms with van der Waals surface area (Å²) in [5.74, 6) is 0.812. The Hall–Kier alpha value is -0.320. The Bertz CT molecular complexity index is 245. The van der Waals surface area contributed by atoms with Crippen LogP contribution < -0.4 is 11.1 Å². The first-order valence-electron chi connectivity index (χ1n) is 6.38. The van der Waals surface area contributed by atoms with E-state index >= 15 is 0 Å². The van der Waals surface area contributed by atoms with Crippen LogP contribution in [0.15, 0.2) is 0 Å². The normalized spacial score (nSPS) is 29.7. The molecule has 1 saturated carbocycles. The van der Waals surface area contributed by atoms with Crippen molar-refractivity contribution in [3.05, 3.63) is 0 Å². The summed E-state index contributed by atoms with van der Waals surface area (Å²) in [6, 6.07) is 0.0784. The Morgan fingerprint density at radius 3 is 2.53 bits per heavy atom. The highest BCUT2D eigenvalue weighted by Crippen LogP contribution is 2.24. The van der Waals surface area contributed by atoms with Crippen LogP contribution in [-0.4, -0.2) is 31.7 Å². The lowest BCUT2D eigenvalue weighted by molar-refractivity contribution is -0.125. The molecule has 2 atom stereocenters. The molecule has 0 aromatic carbocycles. The maximum atomic E-state index is 11.9. The second-order valence-corrected chi connectivity index (χ2v) is 5.00. The van der Waals surface area contributed by atoms with Crippen LogP contribution in [0.4, 0.5) is 0 Å². The summed E-state index contributed by atoms with van der Waals surface area (Å²) in [5.41, 5.74) is 5.91. The number of amides is 1. The minimum absolute atomic E-state index is 0. The predicted octanol–water partition coefficient (Wildman–Crippen LogP) is 1.08. The van der Waals surface area contributed by atoms with Crippen molar-refractivity contribution in [2.75, 3.05) is 19.8 Å². The highest BCUT2D eigenvalue weighted by molar-refractivity contribution is 5.85. The van der Waals surface area contributed by atoms with Crippen LogP contribution >= 0.6 is 12.4 Å². The van der Waals surface area contributed by atoms with Crippen molar-refractivity contribution in [1.82, 2.24) is 5.32 Å². The molecule has 0 aromatic heterocycles. The highest BCUT2D eigenvalue weighted by Gasteiger charge is 2.30. The fourth-order valence-electron chi connectivity index (χ4n) is 2.64. The number of carbonyl (C=O) groups excluding carboxylic acids is 1.